The van der Waals surface area contributed by atoms with Crippen LogP contribution in [0.15, 0.2) is 113 Å². The Morgan fingerprint density at radius 1 is 0.775 bits per heavy atom. The van der Waals surface area contributed by atoms with Crippen molar-refractivity contribution in [2.45, 2.75) is 25.7 Å². The van der Waals surface area contributed by atoms with Gasteiger partial charge < -0.3 is 5.32 Å². The SMILES string of the molecule is C/C(=N/NC(=O)CN(c1ccc(C)cc1)S(=O)(=O)c1ccc(C)cc1)c1cccc(NC(=O)c2ccccc2)c1. The van der Waals surface area contributed by atoms with Crippen LogP contribution in [0.1, 0.15) is 34.0 Å². The van der Waals surface area contributed by atoms with Gasteiger partial charge in [0, 0.05) is 11.3 Å². The first kappa shape index (κ1) is 28.3. The highest BCUT2D eigenvalue weighted by Crippen LogP contribution is 2.24. The Morgan fingerprint density at radius 3 is 2.02 bits per heavy atom. The molecule has 0 atom stereocenters. The van der Waals surface area contributed by atoms with Crippen molar-refractivity contribution in [2.24, 2.45) is 5.10 Å². The highest BCUT2D eigenvalue weighted by molar-refractivity contribution is 7.92. The molecule has 0 saturated carbocycles. The summed E-state index contributed by atoms with van der Waals surface area (Å²) in [5.74, 6) is -0.851. The third-order valence-electron chi connectivity index (χ3n) is 6.14. The van der Waals surface area contributed by atoms with Gasteiger partial charge in [-0.15, -0.1) is 0 Å². The summed E-state index contributed by atoms with van der Waals surface area (Å²) in [5, 5.41) is 7.03. The zero-order chi connectivity index (χ0) is 28.7. The summed E-state index contributed by atoms with van der Waals surface area (Å²) in [6, 6.07) is 29.3. The monoisotopic (exact) mass is 554 g/mol. The number of hydrogen-bond acceptors (Lipinski definition) is 5. The van der Waals surface area contributed by atoms with Gasteiger partial charge in [0.15, 0.2) is 0 Å². The molecule has 9 heteroatoms. The van der Waals surface area contributed by atoms with E-state index in [1.807, 2.05) is 19.9 Å². The van der Waals surface area contributed by atoms with Crippen LogP contribution in [-0.2, 0) is 14.8 Å². The van der Waals surface area contributed by atoms with Gasteiger partial charge in [0.1, 0.15) is 6.54 Å². The minimum atomic E-state index is -4.03. The molecule has 204 valence electrons. The van der Waals surface area contributed by atoms with Gasteiger partial charge in [0.25, 0.3) is 21.8 Å². The molecule has 4 aromatic carbocycles. The van der Waals surface area contributed by atoms with Crippen molar-refractivity contribution in [2.75, 3.05) is 16.2 Å². The number of carbonyl (C=O) groups is 2. The van der Waals surface area contributed by atoms with Gasteiger partial charge in [-0.2, -0.15) is 5.10 Å². The molecule has 0 bridgehead atoms. The van der Waals surface area contributed by atoms with E-state index in [9.17, 15) is 18.0 Å². The molecule has 0 spiro atoms. The second-order valence-corrected chi connectivity index (χ2v) is 11.2. The van der Waals surface area contributed by atoms with E-state index in [-0.39, 0.29) is 10.8 Å². The number of amides is 2. The first-order valence-electron chi connectivity index (χ1n) is 12.6. The molecule has 2 N–H and O–H groups in total. The quantitative estimate of drug-likeness (QED) is 0.216. The normalized spacial score (nSPS) is 11.5. The fourth-order valence-electron chi connectivity index (χ4n) is 3.85. The molecule has 0 fully saturated rings. The highest BCUT2D eigenvalue weighted by Gasteiger charge is 2.27. The third kappa shape index (κ3) is 7.00. The van der Waals surface area contributed by atoms with Crippen LogP contribution in [0.5, 0.6) is 0 Å². The Kier molecular flexibility index (Phi) is 8.76. The standard InChI is InChI=1S/C31H30N4O4S/c1-22-12-16-28(17-13-22)35(40(38,39)29-18-14-23(2)15-19-29)21-30(36)34-33-24(3)26-10-7-11-27(20-26)32-31(37)25-8-5-4-6-9-25/h4-20H,21H2,1-3H3,(H,32,37)(H,34,36)/b33-24-. The average Bonchev–Trinajstić information content (AvgIpc) is 2.96. The maximum atomic E-state index is 13.5. The molecular weight excluding hydrogens is 524 g/mol. The number of carbonyl (C=O) groups excluding carboxylic acids is 2. The number of anilines is 2. The minimum absolute atomic E-state index is 0.0838. The van der Waals surface area contributed by atoms with E-state index in [1.165, 1.54) is 12.1 Å². The minimum Gasteiger partial charge on any atom is -0.322 e. The van der Waals surface area contributed by atoms with Crippen molar-refractivity contribution in [1.29, 1.82) is 0 Å². The van der Waals surface area contributed by atoms with Crippen molar-refractivity contribution in [1.82, 2.24) is 5.43 Å². The van der Waals surface area contributed by atoms with Crippen molar-refractivity contribution >= 4 is 38.9 Å². The van der Waals surface area contributed by atoms with E-state index < -0.39 is 22.5 Å². The summed E-state index contributed by atoms with van der Waals surface area (Å²) in [5.41, 5.74) is 6.97. The van der Waals surface area contributed by atoms with Gasteiger partial charge in [-0.1, -0.05) is 65.7 Å². The molecule has 40 heavy (non-hydrogen) atoms. The Bertz CT molecular complexity index is 1630. The van der Waals surface area contributed by atoms with E-state index >= 15 is 0 Å². The Hall–Kier alpha value is -4.76. The molecule has 0 aromatic heterocycles. The molecule has 8 nitrogen and oxygen atoms in total. The number of aryl methyl sites for hydroxylation is 2. The zero-order valence-electron chi connectivity index (χ0n) is 22.5. The maximum absolute atomic E-state index is 13.5. The van der Waals surface area contributed by atoms with Crippen molar-refractivity contribution in [3.05, 3.63) is 125 Å². The van der Waals surface area contributed by atoms with Crippen LogP contribution in [0.25, 0.3) is 0 Å². The molecule has 0 aliphatic heterocycles. The molecule has 0 heterocycles. The van der Waals surface area contributed by atoms with Crippen LogP contribution < -0.4 is 15.0 Å². The third-order valence-corrected chi connectivity index (χ3v) is 7.93. The number of nitrogens with zero attached hydrogens (tertiary/aromatic N) is 2. The van der Waals surface area contributed by atoms with Gasteiger partial charge >= 0.3 is 0 Å². The van der Waals surface area contributed by atoms with Gasteiger partial charge in [0.2, 0.25) is 0 Å². The molecule has 0 aliphatic rings. The lowest BCUT2D eigenvalue weighted by Crippen LogP contribution is -2.39. The molecule has 0 radical (unpaired) electrons. The van der Waals surface area contributed by atoms with E-state index in [0.717, 1.165) is 15.4 Å². The molecule has 0 unspecified atom stereocenters. The van der Waals surface area contributed by atoms with Crippen molar-refractivity contribution in [3.63, 3.8) is 0 Å². The van der Waals surface area contributed by atoms with Crippen molar-refractivity contribution < 1.29 is 18.0 Å². The molecule has 0 aliphatic carbocycles. The Balaban J connectivity index is 1.50. The maximum Gasteiger partial charge on any atom is 0.264 e. The Morgan fingerprint density at radius 2 is 1.38 bits per heavy atom. The average molecular weight is 555 g/mol. The van der Waals surface area contributed by atoms with Crippen LogP contribution >= 0.6 is 0 Å². The van der Waals surface area contributed by atoms with Gasteiger partial charge in [-0.25, -0.2) is 13.8 Å². The predicted molar refractivity (Wildman–Crippen MR) is 158 cm³/mol. The Labute approximate surface area is 234 Å². The highest BCUT2D eigenvalue weighted by atomic mass is 32.2. The number of benzene rings is 4. The summed E-state index contributed by atoms with van der Waals surface area (Å²) < 4.78 is 28.1. The molecule has 2 amide bonds. The first-order chi connectivity index (χ1) is 19.1. The van der Waals surface area contributed by atoms with E-state index in [4.69, 9.17) is 0 Å². The topological polar surface area (TPSA) is 108 Å². The smallest absolute Gasteiger partial charge is 0.264 e. The van der Waals surface area contributed by atoms with Crippen LogP contribution in [-0.4, -0.2) is 32.5 Å². The predicted octanol–water partition coefficient (Wildman–Crippen LogP) is 5.29. The van der Waals surface area contributed by atoms with Crippen LogP contribution in [0.4, 0.5) is 11.4 Å². The van der Waals surface area contributed by atoms with E-state index in [0.29, 0.717) is 28.2 Å². The summed E-state index contributed by atoms with van der Waals surface area (Å²) in [7, 11) is -4.03. The summed E-state index contributed by atoms with van der Waals surface area (Å²) in [6.45, 7) is 5.01. The summed E-state index contributed by atoms with van der Waals surface area (Å²) in [4.78, 5) is 25.5. The summed E-state index contributed by atoms with van der Waals surface area (Å²) >= 11 is 0. The molecular formula is C31H30N4O4S. The first-order valence-corrected chi connectivity index (χ1v) is 14.0. The van der Waals surface area contributed by atoms with Crippen LogP contribution in [0, 0.1) is 13.8 Å². The second-order valence-electron chi connectivity index (χ2n) is 9.29. The number of hydrazone groups is 1. The van der Waals surface area contributed by atoms with Crippen LogP contribution in [0.3, 0.4) is 0 Å². The van der Waals surface area contributed by atoms with Gasteiger partial charge in [-0.05, 0) is 74.9 Å². The molecule has 4 aromatic rings. The van der Waals surface area contributed by atoms with Gasteiger partial charge in [0.05, 0.1) is 16.3 Å². The lowest BCUT2D eigenvalue weighted by molar-refractivity contribution is -0.119. The lowest BCUT2D eigenvalue weighted by atomic mass is 10.1. The zero-order valence-corrected chi connectivity index (χ0v) is 23.3. The molecule has 0 saturated heterocycles. The number of sulfonamides is 1. The molecule has 4 rings (SSSR count). The van der Waals surface area contributed by atoms with Gasteiger partial charge in [-0.3, -0.25) is 13.9 Å². The number of rotatable bonds is 9. The van der Waals surface area contributed by atoms with E-state index in [2.05, 4.69) is 15.8 Å². The van der Waals surface area contributed by atoms with E-state index in [1.54, 1.807) is 91.9 Å². The second kappa shape index (κ2) is 12.4. The largest absolute Gasteiger partial charge is 0.322 e. The van der Waals surface area contributed by atoms with Crippen LogP contribution in [0.2, 0.25) is 0 Å². The number of hydrogen-bond donors (Lipinski definition) is 2. The number of nitrogens with one attached hydrogen (secondary N) is 2. The fraction of sp³-hybridized carbons (Fsp3) is 0.129. The summed E-state index contributed by atoms with van der Waals surface area (Å²) in [6.07, 6.45) is 0. The fourth-order valence-corrected chi connectivity index (χ4v) is 5.28. The van der Waals surface area contributed by atoms with Crippen molar-refractivity contribution in [3.8, 4) is 0 Å². The lowest BCUT2D eigenvalue weighted by Gasteiger charge is -2.24.